The van der Waals surface area contributed by atoms with Gasteiger partial charge in [-0.2, -0.15) is 0 Å². The largest absolute Gasteiger partial charge is 0.383 e. The number of nitrogens with two attached hydrogens (primary N) is 1. The number of hydrogen-bond acceptors (Lipinski definition) is 3. The number of hydrogen-bond donors (Lipinski definition) is 1. The highest BCUT2D eigenvalue weighted by Crippen LogP contribution is 2.15. The SMILES string of the molecule is COCC(N)C(=O)N(C)Cc1ccc(C(C)C)cc1. The van der Waals surface area contributed by atoms with Gasteiger partial charge >= 0.3 is 0 Å². The minimum absolute atomic E-state index is 0.102. The van der Waals surface area contributed by atoms with Crippen molar-refractivity contribution in [3.8, 4) is 0 Å². The summed E-state index contributed by atoms with van der Waals surface area (Å²) in [5.74, 6) is 0.415. The normalized spacial score (nSPS) is 12.5. The molecule has 0 bridgehead atoms. The number of amides is 1. The summed E-state index contributed by atoms with van der Waals surface area (Å²) in [6.07, 6.45) is 0. The number of likely N-dealkylation sites (N-methyl/N-ethyl adjacent to an activating group) is 1. The van der Waals surface area contributed by atoms with E-state index in [2.05, 4.69) is 38.1 Å². The molecule has 0 aliphatic heterocycles. The Morgan fingerprint density at radius 3 is 2.37 bits per heavy atom. The molecule has 2 N–H and O–H groups in total. The van der Waals surface area contributed by atoms with Crippen molar-refractivity contribution in [1.82, 2.24) is 4.90 Å². The summed E-state index contributed by atoms with van der Waals surface area (Å²) in [5, 5.41) is 0. The lowest BCUT2D eigenvalue weighted by Gasteiger charge is -2.21. The average Bonchev–Trinajstić information content (AvgIpc) is 2.38. The predicted molar refractivity (Wildman–Crippen MR) is 76.9 cm³/mol. The Balaban J connectivity index is 2.61. The maximum Gasteiger partial charge on any atom is 0.241 e. The monoisotopic (exact) mass is 264 g/mol. The summed E-state index contributed by atoms with van der Waals surface area (Å²) in [5.41, 5.74) is 8.13. The Kier molecular flexibility index (Phi) is 5.99. The van der Waals surface area contributed by atoms with E-state index in [1.54, 1.807) is 11.9 Å². The molecule has 4 heteroatoms. The van der Waals surface area contributed by atoms with Crippen LogP contribution in [0.2, 0.25) is 0 Å². The predicted octanol–water partition coefficient (Wildman–Crippen LogP) is 1.74. The molecule has 1 atom stereocenters. The van der Waals surface area contributed by atoms with Gasteiger partial charge in [0.2, 0.25) is 5.91 Å². The van der Waals surface area contributed by atoms with E-state index in [1.807, 2.05) is 0 Å². The lowest BCUT2D eigenvalue weighted by Crippen LogP contribution is -2.44. The number of ether oxygens (including phenoxy) is 1. The molecule has 0 heterocycles. The molecule has 1 unspecified atom stereocenters. The van der Waals surface area contributed by atoms with Gasteiger partial charge in [0.15, 0.2) is 0 Å². The fourth-order valence-electron chi connectivity index (χ4n) is 1.89. The third-order valence-corrected chi connectivity index (χ3v) is 3.11. The van der Waals surface area contributed by atoms with Crippen LogP contribution in [0.3, 0.4) is 0 Å². The number of carbonyl (C=O) groups is 1. The van der Waals surface area contributed by atoms with Crippen molar-refractivity contribution in [2.75, 3.05) is 20.8 Å². The second-order valence-electron chi connectivity index (χ2n) is 5.15. The number of methoxy groups -OCH3 is 1. The standard InChI is InChI=1S/C15H24N2O2/c1-11(2)13-7-5-12(6-8-13)9-17(3)15(18)14(16)10-19-4/h5-8,11,14H,9-10,16H2,1-4H3. The van der Waals surface area contributed by atoms with Crippen LogP contribution >= 0.6 is 0 Å². The van der Waals surface area contributed by atoms with E-state index in [9.17, 15) is 4.79 Å². The van der Waals surface area contributed by atoms with Crippen LogP contribution in [0.1, 0.15) is 30.9 Å². The highest BCUT2D eigenvalue weighted by molar-refractivity contribution is 5.81. The first-order valence-electron chi connectivity index (χ1n) is 6.54. The molecule has 1 rings (SSSR count). The fraction of sp³-hybridized carbons (Fsp3) is 0.533. The average molecular weight is 264 g/mol. The summed E-state index contributed by atoms with van der Waals surface area (Å²) in [7, 11) is 3.30. The van der Waals surface area contributed by atoms with E-state index in [0.717, 1.165) is 5.56 Å². The van der Waals surface area contributed by atoms with Crippen LogP contribution in [0.5, 0.6) is 0 Å². The first-order valence-corrected chi connectivity index (χ1v) is 6.54. The van der Waals surface area contributed by atoms with Crippen molar-refractivity contribution in [3.63, 3.8) is 0 Å². The maximum absolute atomic E-state index is 11.9. The molecule has 1 aromatic rings. The quantitative estimate of drug-likeness (QED) is 0.851. The minimum atomic E-state index is -0.593. The Morgan fingerprint density at radius 2 is 1.89 bits per heavy atom. The summed E-state index contributed by atoms with van der Waals surface area (Å²) in [6, 6.07) is 7.73. The number of nitrogens with zero attached hydrogens (tertiary/aromatic N) is 1. The Morgan fingerprint density at radius 1 is 1.32 bits per heavy atom. The van der Waals surface area contributed by atoms with Crippen LogP contribution in [0.25, 0.3) is 0 Å². The molecule has 0 aliphatic carbocycles. The van der Waals surface area contributed by atoms with E-state index in [4.69, 9.17) is 10.5 Å². The van der Waals surface area contributed by atoms with Crippen LogP contribution in [-0.2, 0) is 16.1 Å². The van der Waals surface area contributed by atoms with Crippen LogP contribution in [-0.4, -0.2) is 37.6 Å². The van der Waals surface area contributed by atoms with Gasteiger partial charge < -0.3 is 15.4 Å². The van der Waals surface area contributed by atoms with Gasteiger partial charge in [-0.05, 0) is 17.0 Å². The zero-order valence-electron chi connectivity index (χ0n) is 12.2. The molecule has 0 saturated heterocycles. The van der Waals surface area contributed by atoms with Gasteiger partial charge in [0.1, 0.15) is 6.04 Å². The summed E-state index contributed by atoms with van der Waals surface area (Å²) in [6.45, 7) is 5.13. The number of benzene rings is 1. The molecule has 19 heavy (non-hydrogen) atoms. The first-order chi connectivity index (χ1) is 8.95. The molecule has 1 aromatic carbocycles. The summed E-state index contributed by atoms with van der Waals surface area (Å²) >= 11 is 0. The smallest absolute Gasteiger partial charge is 0.241 e. The highest BCUT2D eigenvalue weighted by Gasteiger charge is 2.17. The van der Waals surface area contributed by atoms with Crippen LogP contribution < -0.4 is 5.73 Å². The van der Waals surface area contributed by atoms with Gasteiger partial charge in [0.05, 0.1) is 6.61 Å². The molecule has 0 saturated carbocycles. The third-order valence-electron chi connectivity index (χ3n) is 3.11. The molecule has 0 fully saturated rings. The van der Waals surface area contributed by atoms with Gasteiger partial charge in [-0.15, -0.1) is 0 Å². The fourth-order valence-corrected chi connectivity index (χ4v) is 1.89. The Bertz CT molecular complexity index is 401. The van der Waals surface area contributed by atoms with E-state index < -0.39 is 6.04 Å². The van der Waals surface area contributed by atoms with Crippen molar-refractivity contribution in [2.24, 2.45) is 5.73 Å². The lowest BCUT2D eigenvalue weighted by molar-refractivity contribution is -0.132. The zero-order valence-corrected chi connectivity index (χ0v) is 12.2. The zero-order chi connectivity index (χ0) is 14.4. The van der Waals surface area contributed by atoms with E-state index >= 15 is 0 Å². The second kappa shape index (κ2) is 7.26. The van der Waals surface area contributed by atoms with Crippen molar-refractivity contribution in [3.05, 3.63) is 35.4 Å². The topological polar surface area (TPSA) is 55.6 Å². The van der Waals surface area contributed by atoms with Gasteiger partial charge in [0.25, 0.3) is 0 Å². The Hall–Kier alpha value is -1.39. The Labute approximate surface area is 115 Å². The maximum atomic E-state index is 11.9. The van der Waals surface area contributed by atoms with Gasteiger partial charge in [0, 0.05) is 20.7 Å². The molecular formula is C15H24N2O2. The highest BCUT2D eigenvalue weighted by atomic mass is 16.5. The molecule has 0 spiro atoms. The molecule has 0 aliphatic rings. The van der Waals surface area contributed by atoms with Crippen molar-refractivity contribution in [1.29, 1.82) is 0 Å². The van der Waals surface area contributed by atoms with Crippen molar-refractivity contribution < 1.29 is 9.53 Å². The molecule has 4 nitrogen and oxygen atoms in total. The van der Waals surface area contributed by atoms with Gasteiger partial charge in [-0.25, -0.2) is 0 Å². The summed E-state index contributed by atoms with van der Waals surface area (Å²) < 4.78 is 4.89. The number of rotatable bonds is 6. The van der Waals surface area contributed by atoms with Crippen molar-refractivity contribution in [2.45, 2.75) is 32.4 Å². The molecule has 106 valence electrons. The third kappa shape index (κ3) is 4.65. The summed E-state index contributed by atoms with van der Waals surface area (Å²) in [4.78, 5) is 13.6. The number of carbonyl (C=O) groups excluding carboxylic acids is 1. The van der Waals surface area contributed by atoms with Crippen LogP contribution in [0, 0.1) is 0 Å². The van der Waals surface area contributed by atoms with E-state index in [1.165, 1.54) is 12.7 Å². The van der Waals surface area contributed by atoms with E-state index in [-0.39, 0.29) is 12.5 Å². The first kappa shape index (κ1) is 15.7. The molecule has 0 aromatic heterocycles. The van der Waals surface area contributed by atoms with Gasteiger partial charge in [-0.3, -0.25) is 4.79 Å². The van der Waals surface area contributed by atoms with Gasteiger partial charge in [-0.1, -0.05) is 38.1 Å². The molecule has 0 radical (unpaired) electrons. The van der Waals surface area contributed by atoms with Crippen LogP contribution in [0.15, 0.2) is 24.3 Å². The minimum Gasteiger partial charge on any atom is -0.383 e. The molecule has 1 amide bonds. The van der Waals surface area contributed by atoms with E-state index in [0.29, 0.717) is 12.5 Å². The molecular weight excluding hydrogens is 240 g/mol. The van der Waals surface area contributed by atoms with Crippen molar-refractivity contribution >= 4 is 5.91 Å². The lowest BCUT2D eigenvalue weighted by atomic mass is 10.0. The second-order valence-corrected chi connectivity index (χ2v) is 5.15. The van der Waals surface area contributed by atoms with Crippen LogP contribution in [0.4, 0.5) is 0 Å².